The van der Waals surface area contributed by atoms with Crippen molar-refractivity contribution < 1.29 is 18.8 Å². The number of carbonyl (C=O) groups is 1. The zero-order valence-electron chi connectivity index (χ0n) is 13.6. The normalized spacial score (nSPS) is 21.1. The van der Waals surface area contributed by atoms with E-state index in [9.17, 15) is 4.79 Å². The first-order valence-electron chi connectivity index (χ1n) is 7.31. The predicted octanol–water partition coefficient (Wildman–Crippen LogP) is 3.30. The van der Waals surface area contributed by atoms with Gasteiger partial charge in [-0.3, -0.25) is 4.79 Å². The van der Waals surface area contributed by atoms with Crippen LogP contribution < -0.4 is 0 Å². The van der Waals surface area contributed by atoms with Crippen LogP contribution in [-0.4, -0.2) is 30.9 Å². The Morgan fingerprint density at radius 1 is 1.10 bits per heavy atom. The maximum Gasteiger partial charge on any atom is 0.489 e. The van der Waals surface area contributed by atoms with Crippen LogP contribution in [0.1, 0.15) is 60.8 Å². The standard InChI is InChI=1S/C15H27BO4/c1-12(10-8-7-9-11-18-13(2)17)16-19-14(3,4)15(5,6)20-16/h10H,7-9,11H2,1-6H3/b12-10+. The van der Waals surface area contributed by atoms with E-state index in [0.29, 0.717) is 6.61 Å². The zero-order valence-corrected chi connectivity index (χ0v) is 13.6. The number of carbonyl (C=O) groups excluding carboxylic acids is 1. The van der Waals surface area contributed by atoms with Crippen molar-refractivity contribution in [3.8, 4) is 0 Å². The van der Waals surface area contributed by atoms with Gasteiger partial charge >= 0.3 is 13.1 Å². The van der Waals surface area contributed by atoms with Crippen LogP contribution in [0.5, 0.6) is 0 Å². The van der Waals surface area contributed by atoms with E-state index in [1.165, 1.54) is 6.92 Å². The molecule has 0 saturated carbocycles. The fourth-order valence-corrected chi connectivity index (χ4v) is 1.92. The number of unbranched alkanes of at least 4 members (excludes halogenated alkanes) is 2. The highest BCUT2D eigenvalue weighted by atomic mass is 16.7. The van der Waals surface area contributed by atoms with Gasteiger partial charge in [-0.25, -0.2) is 0 Å². The van der Waals surface area contributed by atoms with Gasteiger partial charge in [0, 0.05) is 6.92 Å². The molecule has 4 nitrogen and oxygen atoms in total. The molecule has 5 heteroatoms. The first kappa shape index (κ1) is 17.2. The zero-order chi connectivity index (χ0) is 15.4. The molecule has 20 heavy (non-hydrogen) atoms. The first-order chi connectivity index (χ1) is 9.16. The maximum absolute atomic E-state index is 10.6. The lowest BCUT2D eigenvalue weighted by molar-refractivity contribution is -0.141. The van der Waals surface area contributed by atoms with Gasteiger partial charge in [-0.1, -0.05) is 6.08 Å². The maximum atomic E-state index is 10.6. The summed E-state index contributed by atoms with van der Waals surface area (Å²) in [5, 5.41) is 0. The molecule has 0 atom stereocenters. The Balaban J connectivity index is 2.34. The third-order valence-electron chi connectivity index (χ3n) is 4.00. The van der Waals surface area contributed by atoms with Gasteiger partial charge in [0.05, 0.1) is 17.8 Å². The molecule has 0 aromatic carbocycles. The molecule has 0 spiro atoms. The van der Waals surface area contributed by atoms with E-state index in [1.54, 1.807) is 0 Å². The highest BCUT2D eigenvalue weighted by molar-refractivity contribution is 6.54. The fourth-order valence-electron chi connectivity index (χ4n) is 1.92. The van der Waals surface area contributed by atoms with Crippen LogP contribution in [0.4, 0.5) is 0 Å². The lowest BCUT2D eigenvalue weighted by Crippen LogP contribution is -2.41. The summed E-state index contributed by atoms with van der Waals surface area (Å²) in [5.41, 5.74) is 0.528. The van der Waals surface area contributed by atoms with Crippen LogP contribution in [0.2, 0.25) is 0 Å². The van der Waals surface area contributed by atoms with E-state index >= 15 is 0 Å². The highest BCUT2D eigenvalue weighted by Gasteiger charge is 2.51. The van der Waals surface area contributed by atoms with Crippen molar-refractivity contribution in [1.29, 1.82) is 0 Å². The topological polar surface area (TPSA) is 44.8 Å². The number of esters is 1. The van der Waals surface area contributed by atoms with Crippen molar-refractivity contribution in [1.82, 2.24) is 0 Å². The lowest BCUT2D eigenvalue weighted by Gasteiger charge is -2.32. The minimum absolute atomic E-state index is 0.214. The number of rotatable bonds is 6. The van der Waals surface area contributed by atoms with Gasteiger partial charge in [-0.15, -0.1) is 0 Å². The molecule has 0 N–H and O–H groups in total. The molecule has 0 amide bonds. The molecular weight excluding hydrogens is 255 g/mol. The molecule has 1 heterocycles. The first-order valence-corrected chi connectivity index (χ1v) is 7.31. The third kappa shape index (κ3) is 4.63. The van der Waals surface area contributed by atoms with E-state index in [4.69, 9.17) is 14.0 Å². The highest BCUT2D eigenvalue weighted by Crippen LogP contribution is 2.38. The Morgan fingerprint density at radius 3 is 2.15 bits per heavy atom. The average Bonchev–Trinajstić information content (AvgIpc) is 2.52. The van der Waals surface area contributed by atoms with Gasteiger partial charge in [0.25, 0.3) is 0 Å². The minimum atomic E-state index is -0.290. The lowest BCUT2D eigenvalue weighted by atomic mass is 9.79. The van der Waals surface area contributed by atoms with Gasteiger partial charge in [0.1, 0.15) is 0 Å². The Kier molecular flexibility index (Phi) is 5.84. The molecule has 1 rings (SSSR count). The average molecular weight is 282 g/mol. The predicted molar refractivity (Wildman–Crippen MR) is 80.3 cm³/mol. The molecule has 114 valence electrons. The van der Waals surface area contributed by atoms with E-state index < -0.39 is 0 Å². The molecule has 1 aliphatic rings. The van der Waals surface area contributed by atoms with Crippen LogP contribution in [0.25, 0.3) is 0 Å². The largest absolute Gasteiger partial charge is 0.489 e. The molecule has 1 aliphatic heterocycles. The SMILES string of the molecule is CC(=O)OCCCC/C=C(\C)B1OC(C)(C)C(C)(C)O1. The number of hydrogen-bond donors (Lipinski definition) is 0. The van der Waals surface area contributed by atoms with E-state index in [1.807, 2.05) is 6.92 Å². The summed E-state index contributed by atoms with van der Waals surface area (Å²) in [6, 6.07) is 0. The number of ether oxygens (including phenoxy) is 1. The van der Waals surface area contributed by atoms with Crippen molar-refractivity contribution in [2.24, 2.45) is 0 Å². The molecule has 1 saturated heterocycles. The van der Waals surface area contributed by atoms with E-state index in [2.05, 4.69) is 33.8 Å². The van der Waals surface area contributed by atoms with Crippen LogP contribution >= 0.6 is 0 Å². The summed E-state index contributed by atoms with van der Waals surface area (Å²) in [6.07, 6.45) is 4.96. The quantitative estimate of drug-likeness (QED) is 0.426. The minimum Gasteiger partial charge on any atom is -0.466 e. The van der Waals surface area contributed by atoms with Gasteiger partial charge in [0.2, 0.25) is 0 Å². The Hall–Kier alpha value is -0.805. The monoisotopic (exact) mass is 282 g/mol. The smallest absolute Gasteiger partial charge is 0.466 e. The molecular formula is C15H27BO4. The van der Waals surface area contributed by atoms with Crippen molar-refractivity contribution in [3.63, 3.8) is 0 Å². The Morgan fingerprint density at radius 2 is 1.65 bits per heavy atom. The molecule has 0 bridgehead atoms. The summed E-state index contributed by atoms with van der Waals surface area (Å²) < 4.78 is 16.8. The summed E-state index contributed by atoms with van der Waals surface area (Å²) >= 11 is 0. The van der Waals surface area contributed by atoms with Crippen LogP contribution in [0, 0.1) is 0 Å². The van der Waals surface area contributed by atoms with Crippen molar-refractivity contribution in [2.45, 2.75) is 72.0 Å². The van der Waals surface area contributed by atoms with Gasteiger partial charge in [0.15, 0.2) is 0 Å². The van der Waals surface area contributed by atoms with Gasteiger partial charge in [-0.05, 0) is 59.4 Å². The summed E-state index contributed by atoms with van der Waals surface area (Å²) in [7, 11) is -0.256. The molecule has 1 fully saturated rings. The van der Waals surface area contributed by atoms with Crippen molar-refractivity contribution in [3.05, 3.63) is 11.5 Å². The van der Waals surface area contributed by atoms with Crippen molar-refractivity contribution >= 4 is 13.1 Å². The Labute approximate surface area is 123 Å². The second-order valence-electron chi connectivity index (χ2n) is 6.37. The second-order valence-corrected chi connectivity index (χ2v) is 6.37. The van der Waals surface area contributed by atoms with Crippen LogP contribution in [-0.2, 0) is 18.8 Å². The second kappa shape index (κ2) is 6.77. The molecule has 0 aliphatic carbocycles. The number of hydrogen-bond acceptors (Lipinski definition) is 4. The Bertz CT molecular complexity index is 358. The molecule has 0 aromatic heterocycles. The summed E-state index contributed by atoms with van der Waals surface area (Å²) in [4.78, 5) is 10.6. The van der Waals surface area contributed by atoms with E-state index in [-0.39, 0.29) is 24.3 Å². The number of allylic oxidation sites excluding steroid dienone is 2. The van der Waals surface area contributed by atoms with Gasteiger partial charge in [-0.2, -0.15) is 0 Å². The van der Waals surface area contributed by atoms with Crippen LogP contribution in [0.15, 0.2) is 11.5 Å². The van der Waals surface area contributed by atoms with Gasteiger partial charge < -0.3 is 14.0 Å². The summed E-state index contributed by atoms with van der Waals surface area (Å²) in [6.45, 7) is 12.2. The van der Waals surface area contributed by atoms with E-state index in [0.717, 1.165) is 24.7 Å². The third-order valence-corrected chi connectivity index (χ3v) is 4.00. The molecule has 0 aromatic rings. The van der Waals surface area contributed by atoms with Crippen molar-refractivity contribution in [2.75, 3.05) is 6.61 Å². The molecule has 0 radical (unpaired) electrons. The molecule has 0 unspecified atom stereocenters. The summed E-state index contributed by atoms with van der Waals surface area (Å²) in [5.74, 6) is -0.214. The fraction of sp³-hybridized carbons (Fsp3) is 0.800. The van der Waals surface area contributed by atoms with Crippen LogP contribution in [0.3, 0.4) is 0 Å².